The van der Waals surface area contributed by atoms with Crippen LogP contribution in [-0.4, -0.2) is 62.0 Å². The molecule has 6 nitrogen and oxygen atoms in total. The van der Waals surface area contributed by atoms with E-state index < -0.39 is 0 Å². The average Bonchev–Trinajstić information content (AvgIpc) is 2.91. The monoisotopic (exact) mass is 360 g/mol. The Morgan fingerprint density at radius 1 is 1.19 bits per heavy atom. The predicted molar refractivity (Wildman–Crippen MR) is 101 cm³/mol. The summed E-state index contributed by atoms with van der Waals surface area (Å²) in [5, 5.41) is 0.894. The fourth-order valence-corrected chi connectivity index (χ4v) is 3.64. The number of rotatable bonds is 6. The summed E-state index contributed by atoms with van der Waals surface area (Å²) in [6, 6.07) is 4.05. The van der Waals surface area contributed by atoms with Gasteiger partial charge in [0.05, 0.1) is 32.5 Å². The Morgan fingerprint density at radius 3 is 2.58 bits per heavy atom. The van der Waals surface area contributed by atoms with E-state index in [4.69, 9.17) is 14.2 Å². The number of methoxy groups -OCH3 is 1. The number of hydrogen-bond donors (Lipinski definition) is 0. The van der Waals surface area contributed by atoms with Crippen LogP contribution in [-0.2, 0) is 16.0 Å². The second-order valence-corrected chi connectivity index (χ2v) is 6.63. The molecule has 0 aliphatic carbocycles. The number of fused-ring (bicyclic) bond motifs is 1. The van der Waals surface area contributed by atoms with E-state index in [0.717, 1.165) is 67.3 Å². The zero-order valence-corrected chi connectivity index (χ0v) is 16.1. The molecule has 142 valence electrons. The third-order valence-corrected chi connectivity index (χ3v) is 5.06. The molecular formula is C20H28N2O4. The Balaban J connectivity index is 2.01. The standard InChI is InChI=1S/C20H28N2O4/c1-5-26-20(23)19-15(3)22(7-6-21-8-10-25-11-9-21)17-12-14(2)18(24-4)13-16(17)19/h12-13H,5-11H2,1-4H3. The molecule has 3 rings (SSSR count). The average molecular weight is 360 g/mol. The first-order valence-corrected chi connectivity index (χ1v) is 9.21. The highest BCUT2D eigenvalue weighted by molar-refractivity contribution is 6.06. The first-order chi connectivity index (χ1) is 12.6. The number of morpholine rings is 1. The van der Waals surface area contributed by atoms with Crippen molar-refractivity contribution in [2.45, 2.75) is 27.3 Å². The summed E-state index contributed by atoms with van der Waals surface area (Å²) in [4.78, 5) is 15.0. The number of carbonyl (C=O) groups excluding carboxylic acids is 1. The van der Waals surface area contributed by atoms with E-state index in [9.17, 15) is 4.79 Å². The molecule has 0 saturated carbocycles. The Labute approximate surface area is 154 Å². The van der Waals surface area contributed by atoms with Crippen LogP contribution in [0.15, 0.2) is 12.1 Å². The van der Waals surface area contributed by atoms with Crippen LogP contribution < -0.4 is 4.74 Å². The summed E-state index contributed by atoms with van der Waals surface area (Å²) in [7, 11) is 1.65. The molecular weight excluding hydrogens is 332 g/mol. The van der Waals surface area contributed by atoms with Crippen LogP contribution in [0.2, 0.25) is 0 Å². The Morgan fingerprint density at radius 2 is 1.92 bits per heavy atom. The number of aryl methyl sites for hydroxylation is 1. The summed E-state index contributed by atoms with van der Waals surface area (Å²) >= 11 is 0. The van der Waals surface area contributed by atoms with E-state index in [0.29, 0.717) is 12.2 Å². The van der Waals surface area contributed by atoms with Crippen LogP contribution in [0.4, 0.5) is 0 Å². The van der Waals surface area contributed by atoms with Gasteiger partial charge in [0.2, 0.25) is 0 Å². The molecule has 2 aromatic rings. The van der Waals surface area contributed by atoms with E-state index in [1.54, 1.807) is 7.11 Å². The summed E-state index contributed by atoms with van der Waals surface area (Å²) in [5.74, 6) is 0.513. The summed E-state index contributed by atoms with van der Waals surface area (Å²) in [6.07, 6.45) is 0. The number of ether oxygens (including phenoxy) is 3. The van der Waals surface area contributed by atoms with Crippen molar-refractivity contribution in [3.8, 4) is 5.75 Å². The third-order valence-electron chi connectivity index (χ3n) is 5.06. The van der Waals surface area contributed by atoms with Crippen molar-refractivity contribution in [3.63, 3.8) is 0 Å². The van der Waals surface area contributed by atoms with Crippen LogP contribution in [0, 0.1) is 13.8 Å². The summed E-state index contributed by atoms with van der Waals surface area (Å²) in [6.45, 7) is 11.5. The highest BCUT2D eigenvalue weighted by Crippen LogP contribution is 2.32. The number of carbonyl (C=O) groups is 1. The summed E-state index contributed by atoms with van der Waals surface area (Å²) < 4.78 is 18.4. The first-order valence-electron chi connectivity index (χ1n) is 9.21. The lowest BCUT2D eigenvalue weighted by atomic mass is 10.1. The molecule has 0 bridgehead atoms. The molecule has 1 saturated heterocycles. The molecule has 26 heavy (non-hydrogen) atoms. The van der Waals surface area contributed by atoms with E-state index in [1.165, 1.54) is 0 Å². The number of esters is 1. The smallest absolute Gasteiger partial charge is 0.340 e. The van der Waals surface area contributed by atoms with Crippen molar-refractivity contribution < 1.29 is 19.0 Å². The molecule has 0 atom stereocenters. The molecule has 6 heteroatoms. The maximum Gasteiger partial charge on any atom is 0.340 e. The minimum absolute atomic E-state index is 0.272. The first kappa shape index (κ1) is 18.7. The van der Waals surface area contributed by atoms with E-state index >= 15 is 0 Å². The van der Waals surface area contributed by atoms with Crippen LogP contribution in [0.5, 0.6) is 5.75 Å². The van der Waals surface area contributed by atoms with Crippen molar-refractivity contribution in [1.82, 2.24) is 9.47 Å². The van der Waals surface area contributed by atoms with Gasteiger partial charge in [0.1, 0.15) is 5.75 Å². The fraction of sp³-hybridized carbons (Fsp3) is 0.550. The molecule has 1 aromatic heterocycles. The molecule has 0 radical (unpaired) electrons. The minimum atomic E-state index is -0.272. The minimum Gasteiger partial charge on any atom is -0.496 e. The molecule has 0 N–H and O–H groups in total. The van der Waals surface area contributed by atoms with Gasteiger partial charge in [0, 0.05) is 42.8 Å². The predicted octanol–water partition coefficient (Wildman–Crippen LogP) is 2.78. The van der Waals surface area contributed by atoms with E-state index in [2.05, 4.69) is 15.5 Å². The number of hydrogen-bond acceptors (Lipinski definition) is 5. The third kappa shape index (κ3) is 3.57. The topological polar surface area (TPSA) is 52.9 Å². The fourth-order valence-electron chi connectivity index (χ4n) is 3.64. The normalized spacial score (nSPS) is 15.4. The maximum absolute atomic E-state index is 12.6. The van der Waals surface area contributed by atoms with Gasteiger partial charge in [-0.3, -0.25) is 4.90 Å². The molecule has 1 aromatic carbocycles. The maximum atomic E-state index is 12.6. The SMILES string of the molecule is CCOC(=O)c1c(C)n(CCN2CCOCC2)c2cc(C)c(OC)cc12. The van der Waals surface area contributed by atoms with Gasteiger partial charge in [-0.25, -0.2) is 4.79 Å². The molecule has 0 spiro atoms. The van der Waals surface area contributed by atoms with Gasteiger partial charge in [-0.15, -0.1) is 0 Å². The van der Waals surface area contributed by atoms with Gasteiger partial charge in [-0.05, 0) is 38.5 Å². The van der Waals surface area contributed by atoms with E-state index in [1.807, 2.05) is 26.8 Å². The largest absolute Gasteiger partial charge is 0.496 e. The van der Waals surface area contributed by atoms with E-state index in [-0.39, 0.29) is 5.97 Å². The summed E-state index contributed by atoms with van der Waals surface area (Å²) in [5.41, 5.74) is 3.69. The van der Waals surface area contributed by atoms with Crippen molar-refractivity contribution in [2.24, 2.45) is 0 Å². The van der Waals surface area contributed by atoms with Gasteiger partial charge in [0.15, 0.2) is 0 Å². The van der Waals surface area contributed by atoms with Crippen LogP contribution in [0.3, 0.4) is 0 Å². The van der Waals surface area contributed by atoms with Crippen molar-refractivity contribution >= 4 is 16.9 Å². The van der Waals surface area contributed by atoms with Crippen LogP contribution in [0.1, 0.15) is 28.5 Å². The highest BCUT2D eigenvalue weighted by Gasteiger charge is 2.23. The van der Waals surface area contributed by atoms with Gasteiger partial charge < -0.3 is 18.8 Å². The molecule has 1 fully saturated rings. The molecule has 0 amide bonds. The molecule has 2 heterocycles. The van der Waals surface area contributed by atoms with Gasteiger partial charge in [-0.1, -0.05) is 0 Å². The lowest BCUT2D eigenvalue weighted by Crippen LogP contribution is -2.38. The number of aromatic nitrogens is 1. The molecule has 1 aliphatic rings. The zero-order valence-electron chi connectivity index (χ0n) is 16.1. The number of benzene rings is 1. The Hall–Kier alpha value is -2.05. The van der Waals surface area contributed by atoms with Crippen molar-refractivity contribution in [1.29, 1.82) is 0 Å². The molecule has 1 aliphatic heterocycles. The van der Waals surface area contributed by atoms with Crippen molar-refractivity contribution in [2.75, 3.05) is 46.6 Å². The lowest BCUT2D eigenvalue weighted by molar-refractivity contribution is 0.0365. The number of nitrogens with zero attached hydrogens (tertiary/aromatic N) is 2. The van der Waals surface area contributed by atoms with Crippen LogP contribution in [0.25, 0.3) is 10.9 Å². The van der Waals surface area contributed by atoms with Gasteiger partial charge in [0.25, 0.3) is 0 Å². The van der Waals surface area contributed by atoms with Crippen LogP contribution >= 0.6 is 0 Å². The Kier molecular flexibility index (Phi) is 5.84. The zero-order chi connectivity index (χ0) is 18.7. The Bertz CT molecular complexity index is 791. The quantitative estimate of drug-likeness (QED) is 0.742. The second-order valence-electron chi connectivity index (χ2n) is 6.63. The highest BCUT2D eigenvalue weighted by atomic mass is 16.5. The van der Waals surface area contributed by atoms with Gasteiger partial charge >= 0.3 is 5.97 Å². The van der Waals surface area contributed by atoms with Crippen molar-refractivity contribution in [3.05, 3.63) is 29.0 Å². The molecule has 0 unspecified atom stereocenters. The lowest BCUT2D eigenvalue weighted by Gasteiger charge is -2.27. The van der Waals surface area contributed by atoms with Gasteiger partial charge in [-0.2, -0.15) is 0 Å². The second kappa shape index (κ2) is 8.10.